The first-order chi connectivity index (χ1) is 16.3. The minimum atomic E-state index is -0.658. The lowest BCUT2D eigenvalue weighted by molar-refractivity contribution is -0.384. The van der Waals surface area contributed by atoms with Gasteiger partial charge in [0.2, 0.25) is 0 Å². The number of hydrogen-bond donors (Lipinski definition) is 1. The van der Waals surface area contributed by atoms with Crippen molar-refractivity contribution in [3.8, 4) is 17.6 Å². The van der Waals surface area contributed by atoms with Gasteiger partial charge in [0, 0.05) is 17.8 Å². The molecule has 0 aliphatic rings. The molecule has 170 valence electrons. The summed E-state index contributed by atoms with van der Waals surface area (Å²) in [7, 11) is 1.53. The number of benzene rings is 3. The molecular formula is C25H19N3O6. The molecule has 3 rings (SSSR count). The van der Waals surface area contributed by atoms with Crippen LogP contribution in [0, 0.1) is 28.4 Å². The highest BCUT2D eigenvalue weighted by Crippen LogP contribution is 2.22. The number of non-ortho nitro benzene ring substituents is 1. The number of aryl methyl sites for hydroxylation is 1. The monoisotopic (exact) mass is 457 g/mol. The van der Waals surface area contributed by atoms with Gasteiger partial charge in [-0.2, -0.15) is 5.26 Å². The molecule has 9 nitrogen and oxygen atoms in total. The zero-order valence-electron chi connectivity index (χ0n) is 18.3. The minimum Gasteiger partial charge on any atom is -0.497 e. The van der Waals surface area contributed by atoms with Crippen molar-refractivity contribution in [3.05, 3.63) is 99.1 Å². The van der Waals surface area contributed by atoms with Gasteiger partial charge < -0.3 is 14.8 Å². The van der Waals surface area contributed by atoms with Gasteiger partial charge in [-0.25, -0.2) is 4.79 Å². The predicted octanol–water partition coefficient (Wildman–Crippen LogP) is 4.68. The summed E-state index contributed by atoms with van der Waals surface area (Å²) in [4.78, 5) is 35.1. The Balaban J connectivity index is 1.69. The van der Waals surface area contributed by atoms with E-state index >= 15 is 0 Å². The largest absolute Gasteiger partial charge is 0.497 e. The van der Waals surface area contributed by atoms with Gasteiger partial charge in [0.25, 0.3) is 11.6 Å². The van der Waals surface area contributed by atoms with Crippen molar-refractivity contribution in [1.82, 2.24) is 0 Å². The average Bonchev–Trinajstić information content (AvgIpc) is 2.84. The van der Waals surface area contributed by atoms with Gasteiger partial charge in [0.15, 0.2) is 0 Å². The van der Waals surface area contributed by atoms with E-state index in [0.717, 1.165) is 0 Å². The number of nitrogens with one attached hydrogen (secondary N) is 1. The molecular weight excluding hydrogens is 438 g/mol. The Hall–Kier alpha value is -4.97. The highest BCUT2D eigenvalue weighted by Gasteiger charge is 2.14. The van der Waals surface area contributed by atoms with E-state index in [1.807, 2.05) is 6.07 Å². The van der Waals surface area contributed by atoms with Crippen molar-refractivity contribution in [3.63, 3.8) is 0 Å². The molecule has 0 bridgehead atoms. The molecule has 1 N–H and O–H groups in total. The highest BCUT2D eigenvalue weighted by molar-refractivity contribution is 6.10. The molecule has 0 heterocycles. The van der Waals surface area contributed by atoms with Crippen LogP contribution in [0.3, 0.4) is 0 Å². The molecule has 0 fully saturated rings. The van der Waals surface area contributed by atoms with Gasteiger partial charge in [-0.15, -0.1) is 0 Å². The first-order valence-corrected chi connectivity index (χ1v) is 9.95. The van der Waals surface area contributed by atoms with Crippen LogP contribution in [-0.4, -0.2) is 23.9 Å². The fraction of sp³-hybridized carbons (Fsp3) is 0.0800. The first kappa shape index (κ1) is 23.7. The number of carbonyl (C=O) groups is 2. The van der Waals surface area contributed by atoms with E-state index in [2.05, 4.69) is 5.32 Å². The average molecular weight is 457 g/mol. The summed E-state index contributed by atoms with van der Waals surface area (Å²) in [5, 5.41) is 22.9. The van der Waals surface area contributed by atoms with E-state index in [9.17, 15) is 25.0 Å². The topological polar surface area (TPSA) is 132 Å². The molecule has 0 aliphatic carbocycles. The fourth-order valence-electron chi connectivity index (χ4n) is 2.93. The van der Waals surface area contributed by atoms with E-state index in [1.54, 1.807) is 55.5 Å². The van der Waals surface area contributed by atoms with Crippen molar-refractivity contribution >= 4 is 29.3 Å². The molecule has 0 saturated carbocycles. The number of ether oxygens (including phenoxy) is 2. The third-order valence-electron chi connectivity index (χ3n) is 4.76. The molecule has 0 aromatic heterocycles. The Morgan fingerprint density at radius 3 is 2.24 bits per heavy atom. The number of carbonyl (C=O) groups excluding carboxylic acids is 2. The number of methoxy groups -OCH3 is 1. The maximum atomic E-state index is 12.5. The lowest BCUT2D eigenvalue weighted by atomic mass is 10.1. The lowest BCUT2D eigenvalue weighted by Crippen LogP contribution is -2.14. The number of amides is 1. The smallest absolute Gasteiger partial charge is 0.343 e. The molecule has 0 radical (unpaired) electrons. The van der Waals surface area contributed by atoms with Crippen molar-refractivity contribution in [2.24, 2.45) is 0 Å². The van der Waals surface area contributed by atoms with E-state index in [1.165, 1.54) is 31.4 Å². The molecule has 0 spiro atoms. The summed E-state index contributed by atoms with van der Waals surface area (Å²) in [6.45, 7) is 1.62. The maximum absolute atomic E-state index is 12.5. The summed E-state index contributed by atoms with van der Waals surface area (Å²) in [5.74, 6) is -0.285. The first-order valence-electron chi connectivity index (χ1n) is 9.95. The molecule has 9 heteroatoms. The number of nitro benzene ring substituents is 1. The maximum Gasteiger partial charge on any atom is 0.343 e. The molecule has 0 aliphatic heterocycles. The Morgan fingerprint density at radius 2 is 1.68 bits per heavy atom. The van der Waals surface area contributed by atoms with Crippen LogP contribution in [-0.2, 0) is 4.79 Å². The molecule has 1 amide bonds. The highest BCUT2D eigenvalue weighted by atomic mass is 16.6. The van der Waals surface area contributed by atoms with Gasteiger partial charge in [0.05, 0.1) is 17.6 Å². The second kappa shape index (κ2) is 10.6. The third-order valence-corrected chi connectivity index (χ3v) is 4.76. The molecule has 3 aromatic rings. The molecule has 3 aromatic carbocycles. The molecule has 34 heavy (non-hydrogen) atoms. The van der Waals surface area contributed by atoms with Crippen LogP contribution in [0.5, 0.6) is 11.5 Å². The van der Waals surface area contributed by atoms with E-state index in [4.69, 9.17) is 9.47 Å². The van der Waals surface area contributed by atoms with E-state index < -0.39 is 16.8 Å². The van der Waals surface area contributed by atoms with Crippen LogP contribution in [0.4, 0.5) is 11.4 Å². The van der Waals surface area contributed by atoms with Crippen LogP contribution in [0.15, 0.2) is 72.3 Å². The Kier molecular flexibility index (Phi) is 7.36. The molecule has 0 unspecified atom stereocenters. The van der Waals surface area contributed by atoms with Crippen LogP contribution in [0.1, 0.15) is 21.5 Å². The second-order valence-corrected chi connectivity index (χ2v) is 7.07. The second-order valence-electron chi connectivity index (χ2n) is 7.07. The number of hydrogen-bond acceptors (Lipinski definition) is 7. The number of nitrogens with zero attached hydrogens (tertiary/aromatic N) is 2. The van der Waals surface area contributed by atoms with Crippen LogP contribution >= 0.6 is 0 Å². The van der Waals surface area contributed by atoms with Crippen molar-refractivity contribution in [1.29, 1.82) is 5.26 Å². The van der Waals surface area contributed by atoms with Gasteiger partial charge >= 0.3 is 5.97 Å². The standard InChI is InChI=1S/C25H19N3O6/c1-16-13-20(28(31)32)7-12-23(16)27-24(29)19(15-26)14-17-3-8-22(9-4-17)34-25(30)18-5-10-21(33-2)11-6-18/h3-14H,1-2H3,(H,27,29). The number of esters is 1. The van der Waals surface area contributed by atoms with E-state index in [-0.39, 0.29) is 11.3 Å². The summed E-state index contributed by atoms with van der Waals surface area (Å²) >= 11 is 0. The molecule has 0 saturated heterocycles. The quantitative estimate of drug-likeness (QED) is 0.136. The van der Waals surface area contributed by atoms with Gasteiger partial charge in [-0.3, -0.25) is 14.9 Å². The van der Waals surface area contributed by atoms with Gasteiger partial charge in [0.1, 0.15) is 23.1 Å². The van der Waals surface area contributed by atoms with Crippen LogP contribution in [0.2, 0.25) is 0 Å². The third kappa shape index (κ3) is 5.83. The number of rotatable bonds is 7. The van der Waals surface area contributed by atoms with Crippen LogP contribution in [0.25, 0.3) is 6.08 Å². The molecule has 0 atom stereocenters. The Labute approximate surface area is 195 Å². The normalized spacial score (nSPS) is 10.7. The zero-order valence-corrected chi connectivity index (χ0v) is 18.3. The van der Waals surface area contributed by atoms with Crippen molar-refractivity contribution < 1.29 is 24.0 Å². The van der Waals surface area contributed by atoms with Gasteiger partial charge in [-0.1, -0.05) is 12.1 Å². The predicted molar refractivity (Wildman–Crippen MR) is 124 cm³/mol. The fourth-order valence-corrected chi connectivity index (χ4v) is 2.93. The SMILES string of the molecule is COc1ccc(C(=O)Oc2ccc(C=C(C#N)C(=O)Nc3ccc([N+](=O)[O-])cc3C)cc2)cc1. The summed E-state index contributed by atoms with van der Waals surface area (Å²) in [6, 6.07) is 18.6. The van der Waals surface area contributed by atoms with Crippen molar-refractivity contribution in [2.45, 2.75) is 6.92 Å². The Morgan fingerprint density at radius 1 is 1.03 bits per heavy atom. The Bertz CT molecular complexity index is 1310. The minimum absolute atomic E-state index is 0.0978. The van der Waals surface area contributed by atoms with Gasteiger partial charge in [-0.05, 0) is 66.6 Å². The number of nitriles is 1. The zero-order chi connectivity index (χ0) is 24.7. The summed E-state index contributed by atoms with van der Waals surface area (Å²) < 4.78 is 10.4. The lowest BCUT2D eigenvalue weighted by Gasteiger charge is -2.08. The number of nitro groups is 1. The summed E-state index contributed by atoms with van der Waals surface area (Å²) in [6.07, 6.45) is 1.38. The van der Waals surface area contributed by atoms with Crippen molar-refractivity contribution in [2.75, 3.05) is 12.4 Å². The van der Waals surface area contributed by atoms with E-state index in [0.29, 0.717) is 33.9 Å². The summed E-state index contributed by atoms with van der Waals surface area (Å²) in [5.41, 5.74) is 1.48. The van der Waals surface area contributed by atoms with Crippen LogP contribution < -0.4 is 14.8 Å². The number of anilines is 1.